The first-order valence-electron chi connectivity index (χ1n) is 4.91. The van der Waals surface area contributed by atoms with E-state index in [1.54, 1.807) is 0 Å². The van der Waals surface area contributed by atoms with Gasteiger partial charge in [-0.25, -0.2) is 0 Å². The molecule has 0 heterocycles. The number of nitro benzene ring substituents is 1. The van der Waals surface area contributed by atoms with E-state index < -0.39 is 19.5 Å². The van der Waals surface area contributed by atoms with E-state index in [4.69, 9.17) is 44.6 Å². The Labute approximate surface area is 247 Å². The van der Waals surface area contributed by atoms with E-state index in [0.717, 1.165) is 0 Å². The van der Waals surface area contributed by atoms with Crippen LogP contribution in [0.25, 0.3) is 0 Å². The Kier molecular flexibility index (Phi) is 137. The second-order valence-electron chi connectivity index (χ2n) is 3.12. The molecule has 0 saturated heterocycles. The van der Waals surface area contributed by atoms with Crippen LogP contribution < -0.4 is 73.4 Å². The summed E-state index contributed by atoms with van der Waals surface area (Å²) in [7, 11) is -2.37. The minimum absolute atomic E-state index is 0. The summed E-state index contributed by atoms with van der Waals surface area (Å²) in [5, 5.41) is 10.4. The first kappa shape index (κ1) is 100. The Morgan fingerprint density at radius 2 is 1.00 bits per heavy atom. The summed E-state index contributed by atoms with van der Waals surface area (Å²) < 4.78 is 23.8. The minimum atomic E-state index is -5.14. The molecule has 0 fully saturated rings. The number of hydrogen-bond acceptors (Lipinski definition) is 9. The number of rotatable bonds is 5. The topological polar surface area (TPSA) is 532 Å². The number of non-ortho nitro benzene ring substituents is 1. The van der Waals surface area contributed by atoms with Gasteiger partial charge in [-0.1, -0.05) is 0 Å². The van der Waals surface area contributed by atoms with Crippen molar-refractivity contribution in [3.63, 3.8) is 0 Å². The third-order valence-electron chi connectivity index (χ3n) is 1.71. The van der Waals surface area contributed by atoms with E-state index in [2.05, 4.69) is 0 Å². The molecule has 0 saturated carbocycles. The zero-order chi connectivity index (χ0) is 16.7. The molecule has 0 aromatic heterocycles. The van der Waals surface area contributed by atoms with Gasteiger partial charge in [0, 0.05) is 38.2 Å². The summed E-state index contributed by atoms with van der Waals surface area (Å²) >= 11 is 4.98. The quantitative estimate of drug-likeness (QED) is 0.140. The SMILES string of the molecule is COP(=S)(OC)Oc1ccc([N+](=O)[O-])cc1.O.O.O.O.O.O.O.O.O.O.O.O.O=P([O-])([O-])O.[Na+].[Na+]. The molecule has 25 N–H and O–H groups in total. The zero-order valence-corrected chi connectivity index (χ0v) is 25.4. The van der Waals surface area contributed by atoms with E-state index in [9.17, 15) is 10.1 Å². The van der Waals surface area contributed by atoms with Crippen LogP contribution in [-0.2, 0) is 25.4 Å². The summed E-state index contributed by atoms with van der Waals surface area (Å²) in [5.74, 6) is 0.373. The van der Waals surface area contributed by atoms with Gasteiger partial charge in [-0.15, -0.1) is 0 Å². The van der Waals surface area contributed by atoms with Crippen LogP contribution in [0.2, 0.25) is 0 Å². The molecule has 1 rings (SSSR count). The van der Waals surface area contributed by atoms with Gasteiger partial charge in [0.1, 0.15) is 5.75 Å². The van der Waals surface area contributed by atoms with Crippen LogP contribution >= 0.6 is 14.5 Å². The number of hydrogen-bond donors (Lipinski definition) is 1. The van der Waals surface area contributed by atoms with E-state index in [1.165, 1.54) is 38.5 Å². The van der Waals surface area contributed by atoms with Gasteiger partial charge in [-0.05, 0) is 12.1 Å². The van der Waals surface area contributed by atoms with Crippen LogP contribution in [0.4, 0.5) is 5.69 Å². The van der Waals surface area contributed by atoms with Crippen LogP contribution in [0.1, 0.15) is 0 Å². The maximum Gasteiger partial charge on any atom is 1.00 e. The smallest absolute Gasteiger partial charge is 0.790 e. The Balaban J connectivity index is -0.0000000150. The van der Waals surface area contributed by atoms with Gasteiger partial charge < -0.3 is 98.5 Å². The summed E-state index contributed by atoms with van der Waals surface area (Å²) in [4.78, 5) is 34.2. The van der Waals surface area contributed by atoms with Crippen LogP contribution in [0.3, 0.4) is 0 Å². The van der Waals surface area contributed by atoms with Gasteiger partial charge >= 0.3 is 65.8 Å². The van der Waals surface area contributed by atoms with Crippen molar-refractivity contribution in [1.82, 2.24) is 0 Å². The fraction of sp³-hybridized carbons (Fsp3) is 0.250. The molecule has 0 spiro atoms. The molecule has 0 aliphatic carbocycles. The molecule has 0 atom stereocenters. The summed E-state index contributed by atoms with van der Waals surface area (Å²) in [6.45, 7) is -2.78. The summed E-state index contributed by atoms with van der Waals surface area (Å²) in [6.07, 6.45) is 0. The van der Waals surface area contributed by atoms with Gasteiger partial charge in [0.25, 0.3) is 5.69 Å². The second kappa shape index (κ2) is 47.8. The molecule has 0 aliphatic rings. The average molecular weight is 621 g/mol. The molecule has 0 bridgehead atoms. The van der Waals surface area contributed by atoms with Gasteiger partial charge in [0.15, 0.2) is 0 Å². The standard InChI is InChI=1S/C8H10NO5PS.2Na.H3O4P.12H2O/c1-12-15(16,13-2)14-8-5-3-7(4-6-8)9(10)11;;;1-5(2,3)4;;;;;;;;;;;;/h3-6H,1-2H3;;;(H3,1,2,3,4);12*1H2/q;2*+1;;;;;;;;;;;;;/p-2. The summed E-state index contributed by atoms with van der Waals surface area (Å²) in [5.41, 5.74) is -0.0181. The number of benzene rings is 1. The molecule has 1 aromatic rings. The molecule has 22 nitrogen and oxygen atoms in total. The van der Waals surface area contributed by atoms with Crippen LogP contribution in [0, 0.1) is 10.1 Å². The van der Waals surface area contributed by atoms with Crippen LogP contribution in [-0.4, -0.2) is 89.8 Å². The van der Waals surface area contributed by atoms with Crippen molar-refractivity contribution in [3.05, 3.63) is 34.4 Å². The van der Waals surface area contributed by atoms with Crippen molar-refractivity contribution in [2.24, 2.45) is 0 Å². The molecule has 0 amide bonds. The predicted molar refractivity (Wildman–Crippen MR) is 115 cm³/mol. The number of nitro groups is 1. The average Bonchev–Trinajstić information content (AvgIpc) is 2.37. The molecular weight excluding hydrogens is 586 g/mol. The number of phosphoric acid groups is 1. The number of nitrogens with zero attached hydrogens (tertiary/aromatic N) is 1. The maximum atomic E-state index is 10.4. The first-order chi connectivity index (χ1) is 9.50. The second-order valence-corrected chi connectivity index (χ2v) is 7.21. The van der Waals surface area contributed by atoms with E-state index in [-0.39, 0.29) is 131 Å². The Morgan fingerprint density at radius 1 is 0.771 bits per heavy atom. The Bertz CT molecular complexity index is 563. The molecule has 0 aliphatic heterocycles. The van der Waals surface area contributed by atoms with Crippen LogP contribution in [0.15, 0.2) is 24.3 Å². The molecule has 27 heteroatoms. The molecular formula is C8H35NNa2O21P2S. The van der Waals surface area contributed by atoms with Gasteiger partial charge in [0.05, 0.1) is 12.7 Å². The molecule has 0 radical (unpaired) electrons. The van der Waals surface area contributed by atoms with Crippen molar-refractivity contribution < 1.29 is 163 Å². The van der Waals surface area contributed by atoms with E-state index in [0.29, 0.717) is 5.75 Å². The van der Waals surface area contributed by atoms with Gasteiger partial charge in [0.2, 0.25) is 0 Å². The Hall–Kier alpha value is 0.620. The molecule has 0 unspecified atom stereocenters. The third kappa shape index (κ3) is 56.1. The van der Waals surface area contributed by atoms with Crippen molar-refractivity contribution in [3.8, 4) is 5.75 Å². The summed E-state index contributed by atoms with van der Waals surface area (Å²) in [6, 6.07) is 5.52. The van der Waals surface area contributed by atoms with Crippen molar-refractivity contribution >= 4 is 32.0 Å². The van der Waals surface area contributed by atoms with E-state index >= 15 is 0 Å². The molecule has 1 aromatic carbocycles. The van der Waals surface area contributed by atoms with Crippen LogP contribution in [0.5, 0.6) is 5.75 Å². The normalized spacial score (nSPS) is 6.77. The third-order valence-corrected chi connectivity index (χ3v) is 4.16. The fourth-order valence-electron chi connectivity index (χ4n) is 0.907. The minimum Gasteiger partial charge on any atom is -0.790 e. The van der Waals surface area contributed by atoms with Crippen molar-refractivity contribution in [2.75, 3.05) is 14.2 Å². The largest absolute Gasteiger partial charge is 1.00 e. The molecule has 35 heavy (non-hydrogen) atoms. The monoisotopic (exact) mass is 621 g/mol. The maximum absolute atomic E-state index is 10.4. The van der Waals surface area contributed by atoms with Crippen molar-refractivity contribution in [2.45, 2.75) is 0 Å². The molecule has 216 valence electrons. The first-order valence-corrected chi connectivity index (χ1v) is 8.96. The zero-order valence-electron chi connectivity index (χ0n) is 18.8. The Morgan fingerprint density at radius 3 is 1.17 bits per heavy atom. The van der Waals surface area contributed by atoms with Gasteiger partial charge in [-0.3, -0.25) is 10.1 Å². The van der Waals surface area contributed by atoms with Gasteiger partial charge in [-0.2, -0.15) is 0 Å². The predicted octanol–water partition coefficient (Wildman–Crippen LogP) is -15.6. The van der Waals surface area contributed by atoms with E-state index in [1.807, 2.05) is 0 Å². The fourth-order valence-corrected chi connectivity index (χ4v) is 1.84. The van der Waals surface area contributed by atoms with Crippen molar-refractivity contribution in [1.29, 1.82) is 0 Å².